The smallest absolute Gasteiger partial charge is 0.338 e. The van der Waals surface area contributed by atoms with Gasteiger partial charge < -0.3 is 14.8 Å². The van der Waals surface area contributed by atoms with E-state index in [0.717, 1.165) is 25.7 Å². The molecule has 1 aliphatic rings. The van der Waals surface area contributed by atoms with Gasteiger partial charge in [0.2, 0.25) is 0 Å². The first-order chi connectivity index (χ1) is 12.9. The van der Waals surface area contributed by atoms with Gasteiger partial charge in [0, 0.05) is 6.04 Å². The summed E-state index contributed by atoms with van der Waals surface area (Å²) in [5, 5.41) is 4.95. The van der Waals surface area contributed by atoms with E-state index < -0.39 is 24.5 Å². The number of carbonyl (C=O) groups excluding carboxylic acids is 3. The van der Waals surface area contributed by atoms with Gasteiger partial charge >= 0.3 is 12.0 Å². The van der Waals surface area contributed by atoms with Gasteiger partial charge in [0.15, 0.2) is 6.61 Å². The zero-order chi connectivity index (χ0) is 19.6. The molecule has 0 heterocycles. The third-order valence-corrected chi connectivity index (χ3v) is 4.20. The Kier molecular flexibility index (Phi) is 8.10. The van der Waals surface area contributed by atoms with Crippen LogP contribution in [0.15, 0.2) is 24.3 Å². The molecule has 0 atom stereocenters. The second-order valence-corrected chi connectivity index (χ2v) is 7.16. The quantitative estimate of drug-likeness (QED) is 0.714. The average Bonchev–Trinajstić information content (AvgIpc) is 2.65. The van der Waals surface area contributed by atoms with E-state index in [1.807, 2.05) is 13.8 Å². The van der Waals surface area contributed by atoms with Crippen LogP contribution in [-0.2, 0) is 9.53 Å². The Bertz CT molecular complexity index is 636. The van der Waals surface area contributed by atoms with E-state index in [4.69, 9.17) is 9.47 Å². The van der Waals surface area contributed by atoms with Gasteiger partial charge in [-0.2, -0.15) is 0 Å². The van der Waals surface area contributed by atoms with Gasteiger partial charge in [-0.15, -0.1) is 0 Å². The predicted octanol–water partition coefficient (Wildman–Crippen LogP) is 3.04. The van der Waals surface area contributed by atoms with E-state index in [1.54, 1.807) is 24.3 Å². The standard InChI is InChI=1S/C20H28N2O5/c1-14(2)12-26-17-10-8-15(9-11-17)19(24)27-13-18(23)22-20(25)21-16-6-4-3-5-7-16/h8-11,14,16H,3-7,12-13H2,1-2H3,(H2,21,22,23,25). The number of nitrogens with one attached hydrogen (secondary N) is 2. The van der Waals surface area contributed by atoms with E-state index in [2.05, 4.69) is 10.6 Å². The van der Waals surface area contributed by atoms with E-state index in [9.17, 15) is 14.4 Å². The number of ether oxygens (including phenoxy) is 2. The highest BCUT2D eigenvalue weighted by Gasteiger charge is 2.17. The van der Waals surface area contributed by atoms with E-state index >= 15 is 0 Å². The van der Waals surface area contributed by atoms with Crippen molar-refractivity contribution >= 4 is 17.9 Å². The minimum Gasteiger partial charge on any atom is -0.493 e. The van der Waals surface area contributed by atoms with Crippen molar-refractivity contribution in [3.05, 3.63) is 29.8 Å². The molecular formula is C20H28N2O5. The minimum atomic E-state index is -0.659. The molecule has 148 valence electrons. The number of carbonyl (C=O) groups is 3. The van der Waals surface area contributed by atoms with Crippen LogP contribution in [-0.4, -0.2) is 37.2 Å². The van der Waals surface area contributed by atoms with Crippen LogP contribution < -0.4 is 15.4 Å². The molecule has 1 aliphatic carbocycles. The Labute approximate surface area is 159 Å². The largest absolute Gasteiger partial charge is 0.493 e. The average molecular weight is 376 g/mol. The van der Waals surface area contributed by atoms with Crippen molar-refractivity contribution in [3.63, 3.8) is 0 Å². The fourth-order valence-corrected chi connectivity index (χ4v) is 2.80. The molecule has 2 N–H and O–H groups in total. The predicted molar refractivity (Wildman–Crippen MR) is 101 cm³/mol. The number of rotatable bonds is 7. The number of imide groups is 1. The molecule has 0 aliphatic heterocycles. The van der Waals surface area contributed by atoms with Crippen LogP contribution in [0, 0.1) is 5.92 Å². The van der Waals surface area contributed by atoms with Crippen molar-refractivity contribution in [2.24, 2.45) is 5.92 Å². The molecule has 0 unspecified atom stereocenters. The van der Waals surface area contributed by atoms with E-state index in [0.29, 0.717) is 23.8 Å². The molecule has 3 amide bonds. The van der Waals surface area contributed by atoms with Crippen molar-refractivity contribution in [2.45, 2.75) is 52.0 Å². The zero-order valence-corrected chi connectivity index (χ0v) is 16.0. The van der Waals surface area contributed by atoms with E-state index in [-0.39, 0.29) is 6.04 Å². The van der Waals surface area contributed by atoms with Gasteiger partial charge in [0.1, 0.15) is 5.75 Å². The fourth-order valence-electron chi connectivity index (χ4n) is 2.80. The molecule has 2 rings (SSSR count). The number of hydrogen-bond acceptors (Lipinski definition) is 5. The summed E-state index contributed by atoms with van der Waals surface area (Å²) in [4.78, 5) is 35.5. The zero-order valence-electron chi connectivity index (χ0n) is 16.0. The van der Waals surface area contributed by atoms with Crippen molar-refractivity contribution < 1.29 is 23.9 Å². The van der Waals surface area contributed by atoms with Gasteiger partial charge in [-0.1, -0.05) is 33.1 Å². The lowest BCUT2D eigenvalue weighted by atomic mass is 9.96. The minimum absolute atomic E-state index is 0.102. The highest BCUT2D eigenvalue weighted by atomic mass is 16.5. The van der Waals surface area contributed by atoms with Crippen LogP contribution >= 0.6 is 0 Å². The molecule has 0 saturated heterocycles. The molecule has 0 bridgehead atoms. The van der Waals surface area contributed by atoms with Gasteiger partial charge in [-0.05, 0) is 43.0 Å². The number of hydrogen-bond donors (Lipinski definition) is 2. The van der Waals surface area contributed by atoms with Crippen LogP contribution in [0.4, 0.5) is 4.79 Å². The van der Waals surface area contributed by atoms with Gasteiger partial charge in [-0.25, -0.2) is 9.59 Å². The van der Waals surface area contributed by atoms with E-state index in [1.165, 1.54) is 6.42 Å². The third kappa shape index (κ3) is 7.68. The van der Waals surface area contributed by atoms with Crippen molar-refractivity contribution in [2.75, 3.05) is 13.2 Å². The summed E-state index contributed by atoms with van der Waals surface area (Å²) in [5.41, 5.74) is 0.311. The highest BCUT2D eigenvalue weighted by molar-refractivity contribution is 5.97. The number of benzene rings is 1. The Morgan fingerprint density at radius 2 is 1.74 bits per heavy atom. The molecule has 0 radical (unpaired) electrons. The van der Waals surface area contributed by atoms with Gasteiger partial charge in [0.25, 0.3) is 5.91 Å². The second kappa shape index (κ2) is 10.5. The monoisotopic (exact) mass is 376 g/mol. The Hall–Kier alpha value is -2.57. The summed E-state index contributed by atoms with van der Waals surface area (Å²) < 4.78 is 10.5. The number of esters is 1. The number of amides is 3. The summed E-state index contributed by atoms with van der Waals surface area (Å²) in [7, 11) is 0. The molecular weight excluding hydrogens is 348 g/mol. The van der Waals surface area contributed by atoms with Crippen molar-refractivity contribution in [3.8, 4) is 5.75 Å². The molecule has 0 aromatic heterocycles. The molecule has 0 spiro atoms. The van der Waals surface area contributed by atoms with Crippen molar-refractivity contribution in [1.82, 2.24) is 10.6 Å². The molecule has 27 heavy (non-hydrogen) atoms. The number of urea groups is 1. The Balaban J connectivity index is 1.70. The Morgan fingerprint density at radius 1 is 1.07 bits per heavy atom. The normalized spacial score (nSPS) is 14.5. The lowest BCUT2D eigenvalue weighted by Gasteiger charge is -2.22. The van der Waals surface area contributed by atoms with Crippen LogP contribution in [0.25, 0.3) is 0 Å². The summed E-state index contributed by atoms with van der Waals surface area (Å²) in [6, 6.07) is 6.06. The fraction of sp³-hybridized carbons (Fsp3) is 0.550. The second-order valence-electron chi connectivity index (χ2n) is 7.16. The summed E-state index contributed by atoms with van der Waals surface area (Å²) >= 11 is 0. The third-order valence-electron chi connectivity index (χ3n) is 4.20. The molecule has 7 nitrogen and oxygen atoms in total. The summed E-state index contributed by atoms with van der Waals surface area (Å²) in [6.45, 7) is 4.17. The first-order valence-corrected chi connectivity index (χ1v) is 9.44. The van der Waals surface area contributed by atoms with Crippen LogP contribution in [0.3, 0.4) is 0 Å². The topological polar surface area (TPSA) is 93.7 Å². The molecule has 1 saturated carbocycles. The molecule has 7 heteroatoms. The SMILES string of the molecule is CC(C)COc1ccc(C(=O)OCC(=O)NC(=O)NC2CCCCC2)cc1. The maximum atomic E-state index is 12.0. The van der Waals surface area contributed by atoms with Crippen LogP contribution in [0.5, 0.6) is 5.75 Å². The molecule has 1 aromatic rings. The lowest BCUT2D eigenvalue weighted by molar-refractivity contribution is -0.123. The van der Waals surface area contributed by atoms with Gasteiger partial charge in [0.05, 0.1) is 12.2 Å². The maximum absolute atomic E-state index is 12.0. The van der Waals surface area contributed by atoms with Gasteiger partial charge in [-0.3, -0.25) is 10.1 Å². The van der Waals surface area contributed by atoms with Crippen molar-refractivity contribution in [1.29, 1.82) is 0 Å². The first kappa shape index (κ1) is 20.7. The van der Waals surface area contributed by atoms with Crippen LogP contribution in [0.1, 0.15) is 56.3 Å². The molecule has 1 fully saturated rings. The first-order valence-electron chi connectivity index (χ1n) is 9.44. The van der Waals surface area contributed by atoms with Crippen LogP contribution in [0.2, 0.25) is 0 Å². The Morgan fingerprint density at radius 3 is 2.37 bits per heavy atom. The summed E-state index contributed by atoms with van der Waals surface area (Å²) in [5.74, 6) is -0.220. The lowest BCUT2D eigenvalue weighted by Crippen LogP contribution is -2.46. The highest BCUT2D eigenvalue weighted by Crippen LogP contribution is 2.17. The molecule has 1 aromatic carbocycles. The summed E-state index contributed by atoms with van der Waals surface area (Å²) in [6.07, 6.45) is 5.19. The maximum Gasteiger partial charge on any atom is 0.338 e.